The molecule has 0 spiro atoms. The molecule has 0 bridgehead atoms. The van der Waals surface area contributed by atoms with E-state index in [-0.39, 0.29) is 5.91 Å². The van der Waals surface area contributed by atoms with Crippen LogP contribution in [0.25, 0.3) is 0 Å². The number of hydrogen-bond donors (Lipinski definition) is 1. The third-order valence-electron chi connectivity index (χ3n) is 4.87. The van der Waals surface area contributed by atoms with Crippen LogP contribution in [0.3, 0.4) is 0 Å². The molecule has 2 aliphatic rings. The van der Waals surface area contributed by atoms with E-state index in [1.54, 1.807) is 0 Å². The predicted molar refractivity (Wildman–Crippen MR) is 75.7 cm³/mol. The molecule has 1 aliphatic heterocycles. The van der Waals surface area contributed by atoms with Gasteiger partial charge in [-0.3, -0.25) is 4.79 Å². The molecule has 1 saturated carbocycles. The van der Waals surface area contributed by atoms with Crippen molar-refractivity contribution in [3.05, 3.63) is 35.4 Å². The second-order valence-electron chi connectivity index (χ2n) is 6.07. The van der Waals surface area contributed by atoms with Gasteiger partial charge in [0.05, 0.1) is 6.42 Å². The van der Waals surface area contributed by atoms with Crippen LogP contribution in [-0.2, 0) is 11.2 Å². The molecule has 1 saturated heterocycles. The van der Waals surface area contributed by atoms with Gasteiger partial charge in [0.2, 0.25) is 5.91 Å². The number of aryl methyl sites for hydroxylation is 1. The summed E-state index contributed by atoms with van der Waals surface area (Å²) in [6.45, 7) is 3.86. The first kappa shape index (κ1) is 12.7. The Bertz CT molecular complexity index is 485. The molecule has 3 heteroatoms. The van der Waals surface area contributed by atoms with Crippen LogP contribution in [0.4, 0.5) is 0 Å². The number of nitrogens with two attached hydrogens (primary N) is 1. The molecule has 1 aliphatic carbocycles. The normalized spacial score (nSPS) is 29.6. The fourth-order valence-corrected chi connectivity index (χ4v) is 3.59. The molecule has 1 amide bonds. The van der Waals surface area contributed by atoms with Gasteiger partial charge >= 0.3 is 0 Å². The lowest BCUT2D eigenvalue weighted by molar-refractivity contribution is -0.129. The summed E-state index contributed by atoms with van der Waals surface area (Å²) in [5, 5.41) is 0. The SMILES string of the molecule is Cc1ccccc1CC(=O)N1C[C@@H]2CC[C@@H](N)[C@@H]2C1. The summed E-state index contributed by atoms with van der Waals surface area (Å²) in [7, 11) is 0. The lowest BCUT2D eigenvalue weighted by Gasteiger charge is -2.19. The Labute approximate surface area is 114 Å². The first-order valence-corrected chi connectivity index (χ1v) is 7.23. The van der Waals surface area contributed by atoms with E-state index in [1.807, 2.05) is 17.0 Å². The Hall–Kier alpha value is -1.35. The maximum Gasteiger partial charge on any atom is 0.227 e. The topological polar surface area (TPSA) is 46.3 Å². The highest BCUT2D eigenvalue weighted by Crippen LogP contribution is 2.37. The van der Waals surface area contributed by atoms with Gasteiger partial charge < -0.3 is 10.6 Å². The van der Waals surface area contributed by atoms with Crippen LogP contribution in [0.5, 0.6) is 0 Å². The van der Waals surface area contributed by atoms with Crippen molar-refractivity contribution in [2.24, 2.45) is 17.6 Å². The van der Waals surface area contributed by atoms with Gasteiger partial charge in [0, 0.05) is 19.1 Å². The van der Waals surface area contributed by atoms with E-state index in [4.69, 9.17) is 5.73 Å². The van der Waals surface area contributed by atoms with Crippen LogP contribution in [0.15, 0.2) is 24.3 Å². The Morgan fingerprint density at radius 2 is 2.11 bits per heavy atom. The van der Waals surface area contributed by atoms with Crippen LogP contribution in [-0.4, -0.2) is 29.9 Å². The average Bonchev–Trinajstić information content (AvgIpc) is 2.95. The number of carbonyl (C=O) groups is 1. The van der Waals surface area contributed by atoms with Crippen LogP contribution in [0, 0.1) is 18.8 Å². The van der Waals surface area contributed by atoms with Gasteiger partial charge in [-0.15, -0.1) is 0 Å². The van der Waals surface area contributed by atoms with Gasteiger partial charge in [-0.25, -0.2) is 0 Å². The van der Waals surface area contributed by atoms with Crippen molar-refractivity contribution in [3.8, 4) is 0 Å². The summed E-state index contributed by atoms with van der Waals surface area (Å²) in [4.78, 5) is 14.4. The molecule has 1 aromatic carbocycles. The highest BCUT2D eigenvalue weighted by atomic mass is 16.2. The molecule has 0 unspecified atom stereocenters. The molecule has 1 aromatic rings. The molecule has 0 aromatic heterocycles. The number of nitrogens with zero attached hydrogens (tertiary/aromatic N) is 1. The van der Waals surface area contributed by atoms with Gasteiger partial charge in [-0.05, 0) is 42.7 Å². The van der Waals surface area contributed by atoms with Crippen molar-refractivity contribution in [2.45, 2.75) is 32.2 Å². The first-order chi connectivity index (χ1) is 9.15. The molecule has 2 fully saturated rings. The predicted octanol–water partition coefficient (Wildman–Crippen LogP) is 1.73. The average molecular weight is 258 g/mol. The molecule has 0 radical (unpaired) electrons. The molecule has 19 heavy (non-hydrogen) atoms. The van der Waals surface area contributed by atoms with E-state index in [2.05, 4.69) is 19.1 Å². The van der Waals surface area contributed by atoms with Crippen molar-refractivity contribution >= 4 is 5.91 Å². The summed E-state index contributed by atoms with van der Waals surface area (Å²) < 4.78 is 0. The van der Waals surface area contributed by atoms with E-state index in [0.29, 0.717) is 24.3 Å². The van der Waals surface area contributed by atoms with Gasteiger partial charge in [-0.1, -0.05) is 24.3 Å². The van der Waals surface area contributed by atoms with Gasteiger partial charge in [-0.2, -0.15) is 0 Å². The van der Waals surface area contributed by atoms with Crippen LogP contribution in [0.2, 0.25) is 0 Å². The lowest BCUT2D eigenvalue weighted by atomic mass is 9.98. The second kappa shape index (κ2) is 4.97. The van der Waals surface area contributed by atoms with E-state index in [1.165, 1.54) is 12.0 Å². The second-order valence-corrected chi connectivity index (χ2v) is 6.07. The molecule has 2 N–H and O–H groups in total. The molecular formula is C16H22N2O. The molecule has 3 nitrogen and oxygen atoms in total. The number of amides is 1. The molecule has 3 atom stereocenters. The zero-order valence-electron chi connectivity index (χ0n) is 11.5. The Kier molecular flexibility index (Phi) is 3.31. The third kappa shape index (κ3) is 2.39. The van der Waals surface area contributed by atoms with Crippen molar-refractivity contribution < 1.29 is 4.79 Å². The number of rotatable bonds is 2. The lowest BCUT2D eigenvalue weighted by Crippen LogP contribution is -2.34. The van der Waals surface area contributed by atoms with E-state index in [0.717, 1.165) is 25.1 Å². The zero-order chi connectivity index (χ0) is 13.4. The van der Waals surface area contributed by atoms with E-state index in [9.17, 15) is 4.79 Å². The fraction of sp³-hybridized carbons (Fsp3) is 0.562. The third-order valence-corrected chi connectivity index (χ3v) is 4.87. The smallest absolute Gasteiger partial charge is 0.227 e. The van der Waals surface area contributed by atoms with Crippen LogP contribution in [0.1, 0.15) is 24.0 Å². The Morgan fingerprint density at radius 1 is 1.32 bits per heavy atom. The van der Waals surface area contributed by atoms with E-state index < -0.39 is 0 Å². The largest absolute Gasteiger partial charge is 0.342 e. The zero-order valence-corrected chi connectivity index (χ0v) is 11.5. The number of likely N-dealkylation sites (tertiary alicyclic amines) is 1. The minimum atomic E-state index is 0.260. The minimum absolute atomic E-state index is 0.260. The van der Waals surface area contributed by atoms with Gasteiger partial charge in [0.25, 0.3) is 0 Å². The quantitative estimate of drug-likeness (QED) is 0.878. The summed E-state index contributed by atoms with van der Waals surface area (Å²) in [6, 6.07) is 8.45. The van der Waals surface area contributed by atoms with Crippen molar-refractivity contribution in [2.75, 3.05) is 13.1 Å². The van der Waals surface area contributed by atoms with Gasteiger partial charge in [0.15, 0.2) is 0 Å². The minimum Gasteiger partial charge on any atom is -0.342 e. The number of hydrogen-bond acceptors (Lipinski definition) is 2. The Balaban J connectivity index is 1.65. The monoisotopic (exact) mass is 258 g/mol. The van der Waals surface area contributed by atoms with Gasteiger partial charge in [0.1, 0.15) is 0 Å². The summed E-state index contributed by atoms with van der Waals surface area (Å²) in [6.07, 6.45) is 2.86. The summed E-state index contributed by atoms with van der Waals surface area (Å²) in [5.41, 5.74) is 8.47. The Morgan fingerprint density at radius 3 is 2.84 bits per heavy atom. The maximum atomic E-state index is 12.4. The molecular weight excluding hydrogens is 236 g/mol. The molecule has 3 rings (SSSR count). The van der Waals surface area contributed by atoms with Crippen molar-refractivity contribution in [3.63, 3.8) is 0 Å². The molecule has 1 heterocycles. The van der Waals surface area contributed by atoms with Crippen molar-refractivity contribution in [1.82, 2.24) is 4.90 Å². The van der Waals surface area contributed by atoms with Crippen molar-refractivity contribution in [1.29, 1.82) is 0 Å². The van der Waals surface area contributed by atoms with Crippen LogP contribution >= 0.6 is 0 Å². The van der Waals surface area contributed by atoms with E-state index >= 15 is 0 Å². The number of fused-ring (bicyclic) bond motifs is 1. The standard InChI is InChI=1S/C16H22N2O/c1-11-4-2-3-5-12(11)8-16(19)18-9-13-6-7-15(17)14(13)10-18/h2-5,13-15H,6-10,17H2,1H3/t13-,14+,15+/m0/s1. The maximum absolute atomic E-state index is 12.4. The first-order valence-electron chi connectivity index (χ1n) is 7.23. The fourth-order valence-electron chi connectivity index (χ4n) is 3.59. The highest BCUT2D eigenvalue weighted by molar-refractivity contribution is 5.79. The highest BCUT2D eigenvalue weighted by Gasteiger charge is 2.42. The summed E-state index contributed by atoms with van der Waals surface area (Å²) >= 11 is 0. The molecule has 102 valence electrons. The number of carbonyl (C=O) groups excluding carboxylic acids is 1. The van der Waals surface area contributed by atoms with Crippen LogP contribution < -0.4 is 5.73 Å². The number of benzene rings is 1. The summed E-state index contributed by atoms with van der Waals surface area (Å²) in [5.74, 6) is 1.45.